The first-order valence-electron chi connectivity index (χ1n) is 9.41. The number of nitro benzene ring substituents is 1. The van der Waals surface area contributed by atoms with Gasteiger partial charge in [0.15, 0.2) is 0 Å². The molecule has 1 aliphatic heterocycles. The summed E-state index contributed by atoms with van der Waals surface area (Å²) < 4.78 is 23.2. The summed E-state index contributed by atoms with van der Waals surface area (Å²) in [5.41, 5.74) is 7.65. The standard InChI is InChI=1S/C19H24ClN5O4S/c1-23(30(28)29)15-4-2-13(3-5-15)12-24-10-8-14(9-11-24)22-18-16(20)6-7-17(21)19(18)25(26)27/h2,4-7,12,14,22H,3,8-11,21H2,1H3,(H,28,29)/p-1. The lowest BCUT2D eigenvalue weighted by molar-refractivity contribution is -0.383. The number of piperidine rings is 1. The van der Waals surface area contributed by atoms with Crippen LogP contribution in [0.3, 0.4) is 0 Å². The number of likely N-dealkylation sites (tertiary alicyclic amines) is 1. The highest BCUT2D eigenvalue weighted by molar-refractivity contribution is 7.76. The van der Waals surface area contributed by atoms with Gasteiger partial charge >= 0.3 is 5.69 Å². The highest BCUT2D eigenvalue weighted by atomic mass is 35.5. The Balaban J connectivity index is 1.59. The molecular weight excluding hydrogens is 430 g/mol. The van der Waals surface area contributed by atoms with Crippen molar-refractivity contribution in [3.63, 3.8) is 0 Å². The lowest BCUT2D eigenvalue weighted by atomic mass is 10.0. The maximum Gasteiger partial charge on any atom is 0.316 e. The molecule has 1 aromatic rings. The zero-order valence-electron chi connectivity index (χ0n) is 16.4. The SMILES string of the molecule is CN(C1=CCC(=CN2CCC(Nc3c(Cl)ccc(N)c3[N+](=O)[O-])CC2)C=C1)S(=O)[O-]. The van der Waals surface area contributed by atoms with Gasteiger partial charge in [-0.15, -0.1) is 0 Å². The van der Waals surface area contributed by atoms with E-state index < -0.39 is 16.2 Å². The molecule has 0 bridgehead atoms. The molecule has 2 aliphatic rings. The maximum atomic E-state index is 11.4. The van der Waals surface area contributed by atoms with Gasteiger partial charge in [0.05, 0.1) is 9.95 Å². The number of nitrogens with zero attached hydrogens (tertiary/aromatic N) is 3. The lowest BCUT2D eigenvalue weighted by Crippen LogP contribution is -2.36. The van der Waals surface area contributed by atoms with Gasteiger partial charge in [0.25, 0.3) is 0 Å². The van der Waals surface area contributed by atoms with E-state index in [0.29, 0.717) is 12.1 Å². The van der Waals surface area contributed by atoms with Crippen molar-refractivity contribution >= 4 is 39.9 Å². The number of anilines is 2. The van der Waals surface area contributed by atoms with Crippen LogP contribution in [0.15, 0.2) is 47.8 Å². The van der Waals surface area contributed by atoms with Crippen LogP contribution in [-0.2, 0) is 11.3 Å². The average molecular weight is 453 g/mol. The van der Waals surface area contributed by atoms with Gasteiger partial charge in [0.1, 0.15) is 11.4 Å². The highest BCUT2D eigenvalue weighted by Gasteiger charge is 2.25. The number of nitrogens with two attached hydrogens (primary N) is 1. The molecule has 1 heterocycles. The number of hydrogen-bond acceptors (Lipinski definition) is 7. The molecule has 9 nitrogen and oxygen atoms in total. The van der Waals surface area contributed by atoms with E-state index in [1.807, 2.05) is 12.2 Å². The Hall–Kier alpha value is -2.56. The molecule has 3 N–H and O–H groups in total. The fraction of sp³-hybridized carbons (Fsp3) is 0.368. The third kappa shape index (κ3) is 5.13. The van der Waals surface area contributed by atoms with Crippen molar-refractivity contribution in [3.8, 4) is 0 Å². The van der Waals surface area contributed by atoms with Crippen LogP contribution in [0, 0.1) is 10.1 Å². The minimum atomic E-state index is -2.29. The summed E-state index contributed by atoms with van der Waals surface area (Å²) in [6, 6.07) is 3.04. The molecule has 1 saturated heterocycles. The van der Waals surface area contributed by atoms with Crippen molar-refractivity contribution in [1.29, 1.82) is 0 Å². The zero-order chi connectivity index (χ0) is 21.8. The molecule has 3 rings (SSSR count). The Morgan fingerprint density at radius 3 is 2.63 bits per heavy atom. The Morgan fingerprint density at radius 2 is 2.07 bits per heavy atom. The van der Waals surface area contributed by atoms with Crippen LogP contribution in [0.4, 0.5) is 17.1 Å². The van der Waals surface area contributed by atoms with Gasteiger partial charge in [-0.2, -0.15) is 0 Å². The molecule has 1 aliphatic carbocycles. The molecular formula is C19H23ClN5O4S-. The first kappa shape index (κ1) is 22.1. The number of benzene rings is 1. The van der Waals surface area contributed by atoms with Crippen LogP contribution in [0.5, 0.6) is 0 Å². The summed E-state index contributed by atoms with van der Waals surface area (Å²) in [7, 11) is 1.50. The summed E-state index contributed by atoms with van der Waals surface area (Å²) >= 11 is 3.89. The van der Waals surface area contributed by atoms with Crippen LogP contribution in [0.2, 0.25) is 5.02 Å². The van der Waals surface area contributed by atoms with Crippen molar-refractivity contribution in [3.05, 3.63) is 63.0 Å². The fourth-order valence-electron chi connectivity index (χ4n) is 3.49. The summed E-state index contributed by atoms with van der Waals surface area (Å²) in [6.07, 6.45) is 9.86. The van der Waals surface area contributed by atoms with Gasteiger partial charge in [-0.25, -0.2) is 0 Å². The van der Waals surface area contributed by atoms with Gasteiger partial charge in [-0.05, 0) is 43.0 Å². The molecule has 1 unspecified atom stereocenters. The number of hydrogen-bond donors (Lipinski definition) is 2. The number of halogens is 1. The summed E-state index contributed by atoms with van der Waals surface area (Å²) in [6.45, 7) is 1.56. The molecule has 1 atom stereocenters. The second-order valence-corrected chi connectivity index (χ2v) is 8.55. The first-order chi connectivity index (χ1) is 14.3. The zero-order valence-corrected chi connectivity index (χ0v) is 18.0. The number of likely N-dealkylation sites (N-methyl/N-ethyl adjacent to an activating group) is 1. The van der Waals surface area contributed by atoms with Crippen LogP contribution in [0.25, 0.3) is 0 Å². The molecule has 1 fully saturated rings. The highest BCUT2D eigenvalue weighted by Crippen LogP contribution is 2.38. The third-order valence-corrected chi connectivity index (χ3v) is 6.14. The molecule has 11 heteroatoms. The van der Waals surface area contributed by atoms with Crippen molar-refractivity contribution in [1.82, 2.24) is 9.21 Å². The number of allylic oxidation sites excluding steroid dienone is 4. The summed E-state index contributed by atoms with van der Waals surface area (Å²) in [5.74, 6) is 0. The van der Waals surface area contributed by atoms with Gasteiger partial charge in [0.2, 0.25) is 0 Å². The molecule has 0 aromatic heterocycles. The molecule has 0 amide bonds. The minimum Gasteiger partial charge on any atom is -0.755 e. The van der Waals surface area contributed by atoms with Crippen molar-refractivity contribution in [2.75, 3.05) is 31.2 Å². The maximum absolute atomic E-state index is 11.4. The van der Waals surface area contributed by atoms with E-state index in [-0.39, 0.29) is 28.1 Å². The Kier molecular flexibility index (Phi) is 7.01. The van der Waals surface area contributed by atoms with E-state index >= 15 is 0 Å². The number of rotatable bonds is 6. The van der Waals surface area contributed by atoms with Gasteiger partial charge < -0.3 is 24.8 Å². The minimum absolute atomic E-state index is 0.0479. The topological polar surface area (TPSA) is 128 Å². The van der Waals surface area contributed by atoms with Gasteiger partial charge in [0, 0.05) is 49.3 Å². The normalized spacial score (nSPS) is 19.5. The Morgan fingerprint density at radius 1 is 1.37 bits per heavy atom. The molecule has 0 saturated carbocycles. The monoisotopic (exact) mass is 452 g/mol. The molecule has 0 radical (unpaired) electrons. The number of nitrogens with one attached hydrogen (secondary N) is 1. The Bertz CT molecular complexity index is 941. The van der Waals surface area contributed by atoms with E-state index in [9.17, 15) is 18.9 Å². The second-order valence-electron chi connectivity index (χ2n) is 7.16. The van der Waals surface area contributed by atoms with Crippen LogP contribution in [-0.4, -0.2) is 49.1 Å². The smallest absolute Gasteiger partial charge is 0.316 e. The average Bonchev–Trinajstić information content (AvgIpc) is 2.72. The van der Waals surface area contributed by atoms with E-state index in [1.54, 1.807) is 12.1 Å². The van der Waals surface area contributed by atoms with Crippen LogP contribution in [0.1, 0.15) is 19.3 Å². The number of nitro groups is 1. The summed E-state index contributed by atoms with van der Waals surface area (Å²) in [4.78, 5) is 13.1. The van der Waals surface area contributed by atoms with Gasteiger partial charge in [-0.1, -0.05) is 23.8 Å². The van der Waals surface area contributed by atoms with E-state index in [0.717, 1.165) is 31.5 Å². The van der Waals surface area contributed by atoms with Crippen LogP contribution >= 0.6 is 11.6 Å². The quantitative estimate of drug-likeness (QED) is 0.293. The van der Waals surface area contributed by atoms with Gasteiger partial charge in [-0.3, -0.25) is 14.3 Å². The van der Waals surface area contributed by atoms with E-state index in [2.05, 4.69) is 16.4 Å². The second kappa shape index (κ2) is 9.50. The predicted octanol–water partition coefficient (Wildman–Crippen LogP) is 3.16. The van der Waals surface area contributed by atoms with Crippen molar-refractivity contribution < 1.29 is 13.7 Å². The molecule has 0 spiro atoms. The first-order valence-corrected chi connectivity index (χ1v) is 10.8. The Labute approximate surface area is 182 Å². The predicted molar refractivity (Wildman–Crippen MR) is 117 cm³/mol. The van der Waals surface area contributed by atoms with Crippen molar-refractivity contribution in [2.24, 2.45) is 0 Å². The largest absolute Gasteiger partial charge is 0.755 e. The third-order valence-electron chi connectivity index (χ3n) is 5.17. The lowest BCUT2D eigenvalue weighted by Gasteiger charge is -2.33. The summed E-state index contributed by atoms with van der Waals surface area (Å²) in [5, 5.41) is 14.9. The van der Waals surface area contributed by atoms with E-state index in [1.165, 1.54) is 17.4 Å². The van der Waals surface area contributed by atoms with Crippen LogP contribution < -0.4 is 11.1 Å². The van der Waals surface area contributed by atoms with Crippen molar-refractivity contribution in [2.45, 2.75) is 25.3 Å². The fourth-order valence-corrected chi connectivity index (χ4v) is 4.01. The number of nitrogen functional groups attached to an aromatic ring is 1. The molecule has 162 valence electrons. The molecule has 30 heavy (non-hydrogen) atoms. The molecule has 1 aromatic carbocycles. The van der Waals surface area contributed by atoms with E-state index in [4.69, 9.17) is 17.3 Å².